The number of benzene rings is 2. The molecular formula is C23H28N2O2. The molecule has 2 aliphatic heterocycles. The molecule has 2 aliphatic rings. The molecule has 1 amide bonds. The average Bonchev–Trinajstić information content (AvgIpc) is 3.09. The van der Waals surface area contributed by atoms with Crippen LogP contribution in [0.2, 0.25) is 0 Å². The third-order valence-corrected chi connectivity index (χ3v) is 5.81. The molecule has 1 N–H and O–H groups in total. The van der Waals surface area contributed by atoms with E-state index in [2.05, 4.69) is 17.0 Å². The second-order valence-electron chi connectivity index (χ2n) is 7.81. The molecule has 0 aromatic heterocycles. The molecule has 27 heavy (non-hydrogen) atoms. The van der Waals surface area contributed by atoms with E-state index in [9.17, 15) is 9.90 Å². The highest BCUT2D eigenvalue weighted by atomic mass is 16.3. The maximum atomic E-state index is 13.1. The van der Waals surface area contributed by atoms with E-state index in [0.717, 1.165) is 30.8 Å². The Bertz CT molecular complexity index is 754. The van der Waals surface area contributed by atoms with E-state index < -0.39 is 6.10 Å². The van der Waals surface area contributed by atoms with Crippen LogP contribution in [0.5, 0.6) is 0 Å². The first-order valence-corrected chi connectivity index (χ1v) is 10.1. The molecule has 0 bridgehead atoms. The lowest BCUT2D eigenvalue weighted by Gasteiger charge is -2.32. The molecule has 2 unspecified atom stereocenters. The normalized spacial score (nSPS) is 23.5. The number of nitrogens with zero attached hydrogens (tertiary/aromatic N) is 2. The van der Waals surface area contributed by atoms with Crippen molar-refractivity contribution in [3.8, 4) is 11.1 Å². The molecule has 2 atom stereocenters. The van der Waals surface area contributed by atoms with Gasteiger partial charge in [-0.1, -0.05) is 48.9 Å². The van der Waals surface area contributed by atoms with E-state index in [1.165, 1.54) is 19.3 Å². The lowest BCUT2D eigenvalue weighted by molar-refractivity contribution is 0.0676. The Morgan fingerprint density at radius 1 is 0.926 bits per heavy atom. The molecule has 2 aromatic rings. The summed E-state index contributed by atoms with van der Waals surface area (Å²) >= 11 is 0. The Morgan fingerprint density at radius 2 is 1.59 bits per heavy atom. The van der Waals surface area contributed by atoms with E-state index in [1.807, 2.05) is 47.4 Å². The van der Waals surface area contributed by atoms with Crippen LogP contribution in [0.1, 0.15) is 36.0 Å². The van der Waals surface area contributed by atoms with Crippen molar-refractivity contribution in [1.29, 1.82) is 0 Å². The zero-order chi connectivity index (χ0) is 18.6. The molecule has 2 saturated heterocycles. The summed E-state index contributed by atoms with van der Waals surface area (Å²) in [6, 6.07) is 18.1. The number of carbonyl (C=O) groups is 1. The van der Waals surface area contributed by atoms with Gasteiger partial charge in [-0.3, -0.25) is 4.79 Å². The van der Waals surface area contributed by atoms with Gasteiger partial charge in [-0.05, 0) is 55.6 Å². The highest BCUT2D eigenvalue weighted by Gasteiger charge is 2.35. The van der Waals surface area contributed by atoms with Gasteiger partial charge in [-0.2, -0.15) is 0 Å². The Balaban J connectivity index is 1.47. The van der Waals surface area contributed by atoms with E-state index >= 15 is 0 Å². The average molecular weight is 364 g/mol. The number of aliphatic hydroxyl groups excluding tert-OH is 1. The van der Waals surface area contributed by atoms with Gasteiger partial charge in [0, 0.05) is 24.7 Å². The summed E-state index contributed by atoms with van der Waals surface area (Å²) in [6.45, 7) is 3.55. The Morgan fingerprint density at radius 3 is 2.30 bits per heavy atom. The molecule has 2 heterocycles. The summed E-state index contributed by atoms with van der Waals surface area (Å²) in [5.41, 5.74) is 2.96. The van der Waals surface area contributed by atoms with Gasteiger partial charge in [0.1, 0.15) is 0 Å². The van der Waals surface area contributed by atoms with Gasteiger partial charge in [0.15, 0.2) is 0 Å². The van der Waals surface area contributed by atoms with Crippen LogP contribution in [0.3, 0.4) is 0 Å². The lowest BCUT2D eigenvalue weighted by atomic mass is 10.0. The van der Waals surface area contributed by atoms with Crippen molar-refractivity contribution in [2.45, 2.75) is 37.8 Å². The van der Waals surface area contributed by atoms with Gasteiger partial charge in [0.25, 0.3) is 5.91 Å². The highest BCUT2D eigenvalue weighted by molar-refractivity contribution is 5.95. The summed E-state index contributed by atoms with van der Waals surface area (Å²) in [7, 11) is 0. The summed E-state index contributed by atoms with van der Waals surface area (Å²) in [4.78, 5) is 17.4. The molecule has 4 nitrogen and oxygen atoms in total. The smallest absolute Gasteiger partial charge is 0.254 e. The fraction of sp³-hybridized carbons (Fsp3) is 0.435. The van der Waals surface area contributed by atoms with E-state index in [4.69, 9.17) is 0 Å². The maximum absolute atomic E-state index is 13.1. The van der Waals surface area contributed by atoms with Gasteiger partial charge >= 0.3 is 0 Å². The van der Waals surface area contributed by atoms with Crippen molar-refractivity contribution in [2.75, 3.05) is 26.2 Å². The van der Waals surface area contributed by atoms with Gasteiger partial charge in [0.05, 0.1) is 6.10 Å². The predicted molar refractivity (Wildman–Crippen MR) is 108 cm³/mol. The standard InChI is InChI=1S/C23H28N2O2/c26-22-15-21(16-24-13-5-2-6-14-24)25(17-22)23(27)20-11-9-19(10-12-20)18-7-3-1-4-8-18/h1,3-4,7-12,21-22,26H,2,5-6,13-17H2. The zero-order valence-electron chi connectivity index (χ0n) is 15.8. The monoisotopic (exact) mass is 364 g/mol. The summed E-state index contributed by atoms with van der Waals surface area (Å²) in [5.74, 6) is 0.0353. The molecule has 142 valence electrons. The first-order chi connectivity index (χ1) is 13.2. The Kier molecular flexibility index (Phi) is 5.55. The van der Waals surface area contributed by atoms with Crippen LogP contribution in [0.25, 0.3) is 11.1 Å². The minimum atomic E-state index is -0.410. The first kappa shape index (κ1) is 18.2. The number of likely N-dealkylation sites (tertiary alicyclic amines) is 2. The molecule has 0 radical (unpaired) electrons. The second-order valence-corrected chi connectivity index (χ2v) is 7.81. The lowest BCUT2D eigenvalue weighted by Crippen LogP contribution is -2.44. The number of piperidine rings is 1. The van der Waals surface area contributed by atoms with Crippen LogP contribution in [0.15, 0.2) is 54.6 Å². The zero-order valence-corrected chi connectivity index (χ0v) is 15.8. The summed E-state index contributed by atoms with van der Waals surface area (Å²) in [6.07, 6.45) is 4.06. The number of rotatable bonds is 4. The molecule has 2 fully saturated rings. The van der Waals surface area contributed by atoms with Crippen LogP contribution in [-0.4, -0.2) is 59.1 Å². The minimum absolute atomic E-state index is 0.0353. The van der Waals surface area contributed by atoms with Crippen molar-refractivity contribution in [3.05, 3.63) is 60.2 Å². The third-order valence-electron chi connectivity index (χ3n) is 5.81. The summed E-state index contributed by atoms with van der Waals surface area (Å²) in [5, 5.41) is 10.2. The topological polar surface area (TPSA) is 43.8 Å². The second kappa shape index (κ2) is 8.24. The van der Waals surface area contributed by atoms with E-state index in [1.54, 1.807) is 0 Å². The molecule has 0 aliphatic carbocycles. The largest absolute Gasteiger partial charge is 0.391 e. The predicted octanol–water partition coefficient (Wildman–Crippen LogP) is 3.41. The van der Waals surface area contributed by atoms with Gasteiger partial charge < -0.3 is 14.9 Å². The quantitative estimate of drug-likeness (QED) is 0.904. The van der Waals surface area contributed by atoms with Crippen molar-refractivity contribution < 1.29 is 9.90 Å². The van der Waals surface area contributed by atoms with Gasteiger partial charge in [-0.25, -0.2) is 0 Å². The van der Waals surface area contributed by atoms with Gasteiger partial charge in [-0.15, -0.1) is 0 Å². The van der Waals surface area contributed by atoms with Crippen molar-refractivity contribution >= 4 is 5.91 Å². The number of aliphatic hydroxyl groups is 1. The number of carbonyl (C=O) groups excluding carboxylic acids is 1. The fourth-order valence-corrected chi connectivity index (χ4v) is 4.36. The van der Waals surface area contributed by atoms with Crippen molar-refractivity contribution in [1.82, 2.24) is 9.80 Å². The number of β-amino-alcohol motifs (C(OH)–C–C–N with tert-alkyl or cyclic N) is 1. The molecule has 0 saturated carbocycles. The van der Waals surface area contributed by atoms with Gasteiger partial charge in [0.2, 0.25) is 0 Å². The highest BCUT2D eigenvalue weighted by Crippen LogP contribution is 2.25. The SMILES string of the molecule is O=C(c1ccc(-c2ccccc2)cc1)N1CC(O)CC1CN1CCCCC1. The van der Waals surface area contributed by atoms with Crippen LogP contribution in [-0.2, 0) is 0 Å². The fourth-order valence-electron chi connectivity index (χ4n) is 4.36. The first-order valence-electron chi connectivity index (χ1n) is 10.1. The number of hydrogen-bond donors (Lipinski definition) is 1. The number of amides is 1. The Hall–Kier alpha value is -2.17. The molecule has 2 aromatic carbocycles. The maximum Gasteiger partial charge on any atom is 0.254 e. The minimum Gasteiger partial charge on any atom is -0.391 e. The van der Waals surface area contributed by atoms with E-state index in [-0.39, 0.29) is 11.9 Å². The number of hydrogen-bond acceptors (Lipinski definition) is 3. The van der Waals surface area contributed by atoms with Crippen molar-refractivity contribution in [3.63, 3.8) is 0 Å². The molecular weight excluding hydrogens is 336 g/mol. The van der Waals surface area contributed by atoms with E-state index in [0.29, 0.717) is 18.5 Å². The molecule has 0 spiro atoms. The molecule has 4 heteroatoms. The van der Waals surface area contributed by atoms with Crippen LogP contribution >= 0.6 is 0 Å². The van der Waals surface area contributed by atoms with Crippen LogP contribution < -0.4 is 0 Å². The third kappa shape index (κ3) is 4.23. The van der Waals surface area contributed by atoms with Crippen LogP contribution in [0.4, 0.5) is 0 Å². The molecule has 4 rings (SSSR count). The van der Waals surface area contributed by atoms with Crippen LogP contribution in [0, 0.1) is 0 Å². The Labute approximate surface area is 161 Å². The summed E-state index contributed by atoms with van der Waals surface area (Å²) < 4.78 is 0. The van der Waals surface area contributed by atoms with Crippen molar-refractivity contribution in [2.24, 2.45) is 0 Å².